The van der Waals surface area contributed by atoms with E-state index in [-0.39, 0.29) is 5.91 Å². The fraction of sp³-hybridized carbons (Fsp3) is 0.538. The molecule has 0 saturated carbocycles. The van der Waals surface area contributed by atoms with Crippen molar-refractivity contribution in [2.45, 2.75) is 57.8 Å². The van der Waals surface area contributed by atoms with E-state index in [1.165, 1.54) is 55.6 Å². The number of primary amides is 1. The highest BCUT2D eigenvalue weighted by Gasteiger charge is 2.13. The topological polar surface area (TPSA) is 127 Å². The summed E-state index contributed by atoms with van der Waals surface area (Å²) in [6.45, 7) is 8.46. The Morgan fingerprint density at radius 2 is 1.68 bits per heavy atom. The highest BCUT2D eigenvalue weighted by atomic mass is 32.2. The van der Waals surface area contributed by atoms with Gasteiger partial charge in [-0.2, -0.15) is 0 Å². The van der Waals surface area contributed by atoms with Crippen LogP contribution in [0.25, 0.3) is 0 Å². The van der Waals surface area contributed by atoms with E-state index in [4.69, 9.17) is 5.73 Å². The first-order valence-electron chi connectivity index (χ1n) is 12.2. The van der Waals surface area contributed by atoms with Gasteiger partial charge in [0.1, 0.15) is 9.84 Å². The summed E-state index contributed by atoms with van der Waals surface area (Å²) in [5, 5.41) is 1.82. The van der Waals surface area contributed by atoms with Crippen LogP contribution in [0.1, 0.15) is 61.2 Å². The molecule has 1 aliphatic rings. The third-order valence-corrected chi connectivity index (χ3v) is 8.12. The van der Waals surface area contributed by atoms with Crippen molar-refractivity contribution in [3.8, 4) is 0 Å². The van der Waals surface area contributed by atoms with Gasteiger partial charge >= 0.3 is 0 Å². The van der Waals surface area contributed by atoms with Crippen LogP contribution in [0.2, 0.25) is 0 Å². The molecule has 37 heavy (non-hydrogen) atoms. The predicted molar refractivity (Wildman–Crippen MR) is 156 cm³/mol. The maximum Gasteiger partial charge on any atom is 0.258 e. The number of carbonyl (C=O) groups excluding carboxylic acids is 1. The smallest absolute Gasteiger partial charge is 0.258 e. The van der Waals surface area contributed by atoms with Gasteiger partial charge in [-0.25, -0.2) is 16.8 Å². The number of thiophene rings is 1. The second kappa shape index (κ2) is 18.1. The number of carbonyl (C=O) groups is 1. The Morgan fingerprint density at radius 1 is 1.05 bits per heavy atom. The summed E-state index contributed by atoms with van der Waals surface area (Å²) < 4.78 is 42.8. The number of nitrogens with zero attached hydrogens (tertiary/aromatic N) is 2. The number of amides is 1. The van der Waals surface area contributed by atoms with Crippen molar-refractivity contribution in [1.29, 1.82) is 0 Å². The number of rotatable bonds is 6. The second-order valence-corrected chi connectivity index (χ2v) is 13.8. The molecule has 0 radical (unpaired) electrons. The number of hydrogen-bond donors (Lipinski definition) is 1. The van der Waals surface area contributed by atoms with Gasteiger partial charge in [-0.3, -0.25) is 9.79 Å². The van der Waals surface area contributed by atoms with Gasteiger partial charge in [0.2, 0.25) is 0 Å². The highest BCUT2D eigenvalue weighted by Crippen LogP contribution is 2.10. The number of unbranched alkanes of at least 4 members (excludes halogenated alkanes) is 1. The minimum Gasteiger partial charge on any atom is -0.365 e. The lowest BCUT2D eigenvalue weighted by molar-refractivity contribution is 0.100. The summed E-state index contributed by atoms with van der Waals surface area (Å²) in [5.41, 5.74) is 5.90. The number of likely N-dealkylation sites (tertiary alicyclic amines) is 1. The van der Waals surface area contributed by atoms with Crippen LogP contribution in [0.15, 0.2) is 51.7 Å². The normalized spacial score (nSPS) is 13.4. The molecule has 1 aliphatic heterocycles. The molecule has 210 valence electrons. The zero-order valence-electron chi connectivity index (χ0n) is 22.9. The Hall–Kier alpha value is -2.24. The van der Waals surface area contributed by atoms with Gasteiger partial charge in [-0.05, 0) is 55.3 Å². The molecule has 2 N–H and O–H groups in total. The number of hydrogen-bond acceptors (Lipinski definition) is 7. The molecule has 1 aromatic carbocycles. The molecular weight excluding hydrogens is 531 g/mol. The Kier molecular flexibility index (Phi) is 17.0. The summed E-state index contributed by atoms with van der Waals surface area (Å²) in [7, 11) is -3.83. The third-order valence-electron chi connectivity index (χ3n) is 5.10. The van der Waals surface area contributed by atoms with Gasteiger partial charge in [0, 0.05) is 44.8 Å². The quantitative estimate of drug-likeness (QED) is 0.398. The summed E-state index contributed by atoms with van der Waals surface area (Å²) >= 11 is 1.36. The van der Waals surface area contributed by atoms with Crippen LogP contribution >= 0.6 is 11.3 Å². The van der Waals surface area contributed by atoms with Crippen LogP contribution < -0.4 is 5.73 Å². The van der Waals surface area contributed by atoms with Crippen molar-refractivity contribution in [1.82, 2.24) is 4.90 Å². The van der Waals surface area contributed by atoms with E-state index in [2.05, 4.69) is 16.8 Å². The molecule has 1 saturated heterocycles. The van der Waals surface area contributed by atoms with Crippen LogP contribution in [0.3, 0.4) is 0 Å². The molecule has 2 heterocycles. The fourth-order valence-electron chi connectivity index (χ4n) is 3.17. The average molecular weight is 574 g/mol. The molecule has 0 bridgehead atoms. The SMILES string of the molecule is CCC(=NC)N1CCCC1.CCCCS(C)(=O)=O.Cc1cccc(S(C)(=O)=O)c1.NC(=O)c1cccs1. The van der Waals surface area contributed by atoms with Gasteiger partial charge < -0.3 is 10.6 Å². The second-order valence-electron chi connectivity index (χ2n) is 8.60. The maximum absolute atomic E-state index is 11.0. The van der Waals surface area contributed by atoms with Crippen molar-refractivity contribution in [3.63, 3.8) is 0 Å². The predicted octanol–water partition coefficient (Wildman–Crippen LogP) is 4.60. The van der Waals surface area contributed by atoms with Gasteiger partial charge in [0.15, 0.2) is 9.84 Å². The van der Waals surface area contributed by atoms with Crippen molar-refractivity contribution in [2.75, 3.05) is 38.4 Å². The molecule has 11 heteroatoms. The molecular formula is C26H43N3O5S3. The molecule has 1 aromatic heterocycles. The molecule has 8 nitrogen and oxygen atoms in total. The van der Waals surface area contributed by atoms with E-state index in [0.29, 0.717) is 15.5 Å². The summed E-state index contributed by atoms with van der Waals surface area (Å²) in [6, 6.07) is 10.4. The Balaban J connectivity index is 0.000000472. The van der Waals surface area contributed by atoms with Gasteiger partial charge in [0.05, 0.1) is 15.6 Å². The van der Waals surface area contributed by atoms with E-state index in [0.717, 1.165) is 24.8 Å². The lowest BCUT2D eigenvalue weighted by atomic mass is 10.2. The fourth-order valence-corrected chi connectivity index (χ4v) is 5.29. The minimum atomic E-state index is -3.03. The largest absolute Gasteiger partial charge is 0.365 e. The summed E-state index contributed by atoms with van der Waals surface area (Å²) in [4.78, 5) is 17.9. The van der Waals surface area contributed by atoms with Crippen LogP contribution in [0, 0.1) is 6.92 Å². The molecule has 1 fully saturated rings. The zero-order chi connectivity index (χ0) is 28.5. The van der Waals surface area contributed by atoms with Gasteiger partial charge in [-0.1, -0.05) is 38.5 Å². The highest BCUT2D eigenvalue weighted by molar-refractivity contribution is 7.91. The number of aliphatic imine (C=N–C) groups is 1. The Morgan fingerprint density at radius 3 is 1.97 bits per heavy atom. The minimum absolute atomic E-state index is 0.337. The molecule has 0 atom stereocenters. The van der Waals surface area contributed by atoms with Crippen LogP contribution in [0.5, 0.6) is 0 Å². The zero-order valence-corrected chi connectivity index (χ0v) is 25.4. The number of nitrogens with two attached hydrogens (primary N) is 1. The molecule has 0 spiro atoms. The maximum atomic E-state index is 11.0. The standard InChI is InChI=1S/C8H16N2.C8H10O2S.C5H5NOS.C5H12O2S/c1-3-8(9-2)10-6-4-5-7-10;1-7-4-3-5-8(6-7)11(2,9)10;6-5(7)4-2-1-3-8-4;1-3-4-5-8(2,6)7/h3-7H2,1-2H3;3-6H,1-2H3;1-3H,(H2,6,7);3-5H2,1-2H3. The number of sulfone groups is 2. The third kappa shape index (κ3) is 17.0. The van der Waals surface area contributed by atoms with Crippen molar-refractivity contribution in [3.05, 3.63) is 52.2 Å². The summed E-state index contributed by atoms with van der Waals surface area (Å²) in [6.07, 6.45) is 7.99. The van der Waals surface area contributed by atoms with Crippen LogP contribution in [-0.4, -0.2) is 71.9 Å². The molecule has 0 aliphatic carbocycles. The monoisotopic (exact) mass is 573 g/mol. The first kappa shape index (κ1) is 34.8. The van der Waals surface area contributed by atoms with Crippen molar-refractivity contribution < 1.29 is 21.6 Å². The Labute approximate surface area is 227 Å². The molecule has 1 amide bonds. The Bertz CT molecular complexity index is 1150. The van der Waals surface area contributed by atoms with Crippen LogP contribution in [-0.2, 0) is 19.7 Å². The lowest BCUT2D eigenvalue weighted by Crippen LogP contribution is -2.26. The van der Waals surface area contributed by atoms with E-state index in [1.54, 1.807) is 30.3 Å². The van der Waals surface area contributed by atoms with E-state index < -0.39 is 19.7 Å². The average Bonchev–Trinajstić information content (AvgIpc) is 3.54. The first-order valence-corrected chi connectivity index (χ1v) is 17.1. The van der Waals surface area contributed by atoms with E-state index in [9.17, 15) is 21.6 Å². The summed E-state index contributed by atoms with van der Waals surface area (Å²) in [5.74, 6) is 1.27. The van der Waals surface area contributed by atoms with Crippen LogP contribution in [0.4, 0.5) is 0 Å². The van der Waals surface area contributed by atoms with Crippen molar-refractivity contribution in [2.24, 2.45) is 10.7 Å². The van der Waals surface area contributed by atoms with Gasteiger partial charge in [-0.15, -0.1) is 11.3 Å². The molecule has 3 rings (SSSR count). The number of aryl methyl sites for hydroxylation is 1. The number of amidine groups is 1. The van der Waals surface area contributed by atoms with E-state index in [1.807, 2.05) is 32.3 Å². The van der Waals surface area contributed by atoms with Crippen molar-refractivity contribution >= 4 is 42.8 Å². The first-order chi connectivity index (χ1) is 17.2. The number of benzene rings is 1. The van der Waals surface area contributed by atoms with Gasteiger partial charge in [0.25, 0.3) is 5.91 Å². The van der Waals surface area contributed by atoms with E-state index >= 15 is 0 Å². The molecule has 0 unspecified atom stereocenters. The lowest BCUT2D eigenvalue weighted by Gasteiger charge is -2.17. The molecule has 2 aromatic rings.